The lowest BCUT2D eigenvalue weighted by Crippen LogP contribution is -2.48. The zero-order chi connectivity index (χ0) is 18.5. The van der Waals surface area contributed by atoms with E-state index in [4.69, 9.17) is 9.47 Å². The van der Waals surface area contributed by atoms with E-state index in [-0.39, 0.29) is 31.1 Å². The molecule has 7 nitrogen and oxygen atoms in total. The minimum atomic E-state index is -0.432. The molecule has 140 valence electrons. The van der Waals surface area contributed by atoms with E-state index >= 15 is 0 Å². The third-order valence-electron chi connectivity index (χ3n) is 4.35. The number of halogens is 1. The minimum absolute atomic E-state index is 0.145. The van der Waals surface area contributed by atoms with Gasteiger partial charge < -0.3 is 20.1 Å². The van der Waals surface area contributed by atoms with Crippen LogP contribution in [0.3, 0.4) is 0 Å². The lowest BCUT2D eigenvalue weighted by atomic mass is 10.1. The fourth-order valence-corrected chi connectivity index (χ4v) is 3.03. The van der Waals surface area contributed by atoms with Crippen molar-refractivity contribution in [2.75, 3.05) is 39.4 Å². The molecule has 1 atom stereocenters. The van der Waals surface area contributed by atoms with Gasteiger partial charge in [0.2, 0.25) is 0 Å². The SMILES string of the molecule is CCOC(=O)C1=C(CN2CCO[C@H](c3ccc(F)cc3)C2)NC(=O)NC1. The van der Waals surface area contributed by atoms with Gasteiger partial charge in [-0.05, 0) is 24.6 Å². The summed E-state index contributed by atoms with van der Waals surface area (Å²) in [6, 6.07) is 5.90. The average molecular weight is 363 g/mol. The highest BCUT2D eigenvalue weighted by molar-refractivity contribution is 5.93. The molecule has 0 radical (unpaired) electrons. The van der Waals surface area contributed by atoms with Crippen LogP contribution in [0.2, 0.25) is 0 Å². The highest BCUT2D eigenvalue weighted by Gasteiger charge is 2.28. The van der Waals surface area contributed by atoms with Crippen molar-refractivity contribution in [2.24, 2.45) is 0 Å². The summed E-state index contributed by atoms with van der Waals surface area (Å²) in [6.07, 6.45) is -0.187. The fraction of sp³-hybridized carbons (Fsp3) is 0.444. The molecule has 1 aromatic rings. The average Bonchev–Trinajstić information content (AvgIpc) is 2.63. The second-order valence-corrected chi connectivity index (χ2v) is 6.13. The Hall–Kier alpha value is -2.45. The number of rotatable bonds is 5. The molecular formula is C18H22FN3O4. The molecule has 2 heterocycles. The van der Waals surface area contributed by atoms with Crippen LogP contribution in [0, 0.1) is 5.82 Å². The number of ether oxygens (including phenoxy) is 2. The molecule has 8 heteroatoms. The first kappa shape index (κ1) is 18.3. The van der Waals surface area contributed by atoms with Crippen LogP contribution in [0.25, 0.3) is 0 Å². The number of esters is 1. The van der Waals surface area contributed by atoms with E-state index in [1.807, 2.05) is 0 Å². The van der Waals surface area contributed by atoms with Crippen LogP contribution in [0.5, 0.6) is 0 Å². The number of nitrogens with one attached hydrogen (secondary N) is 2. The second kappa shape index (κ2) is 8.29. The smallest absolute Gasteiger partial charge is 0.337 e. The van der Waals surface area contributed by atoms with Crippen molar-refractivity contribution in [1.29, 1.82) is 0 Å². The standard InChI is InChI=1S/C18H22FN3O4/c1-2-25-17(23)14-9-20-18(24)21-15(14)10-22-7-8-26-16(11-22)12-3-5-13(19)6-4-12/h3-6,16H,2,7-11H2,1H3,(H2,20,21,24)/t16-/m0/s1. The molecule has 2 N–H and O–H groups in total. The number of amides is 2. The van der Waals surface area contributed by atoms with Gasteiger partial charge in [0.1, 0.15) is 5.82 Å². The third-order valence-corrected chi connectivity index (χ3v) is 4.35. The largest absolute Gasteiger partial charge is 0.463 e. The molecule has 0 aliphatic carbocycles. The van der Waals surface area contributed by atoms with Crippen molar-refractivity contribution < 1.29 is 23.5 Å². The van der Waals surface area contributed by atoms with Crippen molar-refractivity contribution in [3.8, 4) is 0 Å². The number of hydrogen-bond donors (Lipinski definition) is 2. The molecule has 2 aliphatic heterocycles. The first-order valence-electron chi connectivity index (χ1n) is 8.60. The Morgan fingerprint density at radius 1 is 1.38 bits per heavy atom. The van der Waals surface area contributed by atoms with Gasteiger partial charge in [-0.15, -0.1) is 0 Å². The van der Waals surface area contributed by atoms with Gasteiger partial charge in [-0.1, -0.05) is 12.1 Å². The summed E-state index contributed by atoms with van der Waals surface area (Å²) in [5, 5.41) is 5.30. The first-order valence-corrected chi connectivity index (χ1v) is 8.60. The molecule has 3 rings (SSSR count). The molecule has 0 bridgehead atoms. The third kappa shape index (κ3) is 4.39. The Kier molecular flexibility index (Phi) is 5.85. The number of nitrogens with zero attached hydrogens (tertiary/aromatic N) is 1. The number of morpholine rings is 1. The Morgan fingerprint density at radius 2 is 2.15 bits per heavy atom. The van der Waals surface area contributed by atoms with Crippen LogP contribution in [-0.4, -0.2) is 56.3 Å². The normalized spacial score (nSPS) is 21.2. The maximum Gasteiger partial charge on any atom is 0.337 e. The van der Waals surface area contributed by atoms with Crippen molar-refractivity contribution in [1.82, 2.24) is 15.5 Å². The topological polar surface area (TPSA) is 79.9 Å². The van der Waals surface area contributed by atoms with Gasteiger partial charge in [0.15, 0.2) is 0 Å². The number of hydrogen-bond acceptors (Lipinski definition) is 5. The molecule has 1 aromatic carbocycles. The van der Waals surface area contributed by atoms with E-state index in [2.05, 4.69) is 15.5 Å². The van der Waals surface area contributed by atoms with Gasteiger partial charge in [-0.2, -0.15) is 0 Å². The molecule has 2 aliphatic rings. The molecule has 1 saturated heterocycles. The zero-order valence-corrected chi connectivity index (χ0v) is 14.6. The van der Waals surface area contributed by atoms with E-state index in [1.165, 1.54) is 12.1 Å². The van der Waals surface area contributed by atoms with Crippen molar-refractivity contribution in [2.45, 2.75) is 13.0 Å². The molecule has 0 saturated carbocycles. The van der Waals surface area contributed by atoms with Crippen LogP contribution in [0.15, 0.2) is 35.5 Å². The van der Waals surface area contributed by atoms with E-state index in [9.17, 15) is 14.0 Å². The van der Waals surface area contributed by atoms with Crippen LogP contribution in [0.4, 0.5) is 9.18 Å². The van der Waals surface area contributed by atoms with Gasteiger partial charge in [0.05, 0.1) is 31.4 Å². The minimum Gasteiger partial charge on any atom is -0.463 e. The summed E-state index contributed by atoms with van der Waals surface area (Å²) in [4.78, 5) is 25.9. The monoisotopic (exact) mass is 363 g/mol. The van der Waals surface area contributed by atoms with Gasteiger partial charge in [0, 0.05) is 25.3 Å². The highest BCUT2D eigenvalue weighted by Crippen LogP contribution is 2.23. The Morgan fingerprint density at radius 3 is 2.88 bits per heavy atom. The summed E-state index contributed by atoms with van der Waals surface area (Å²) in [6.45, 7) is 4.32. The van der Waals surface area contributed by atoms with Crippen LogP contribution in [-0.2, 0) is 14.3 Å². The second-order valence-electron chi connectivity index (χ2n) is 6.13. The van der Waals surface area contributed by atoms with Crippen LogP contribution < -0.4 is 10.6 Å². The van der Waals surface area contributed by atoms with Gasteiger partial charge in [-0.3, -0.25) is 4.90 Å². The predicted molar refractivity (Wildman–Crippen MR) is 91.7 cm³/mol. The summed E-state index contributed by atoms with van der Waals surface area (Å²) in [7, 11) is 0. The molecular weight excluding hydrogens is 341 g/mol. The number of urea groups is 1. The Labute approximate surface area is 151 Å². The van der Waals surface area contributed by atoms with E-state index < -0.39 is 5.97 Å². The highest BCUT2D eigenvalue weighted by atomic mass is 19.1. The lowest BCUT2D eigenvalue weighted by Gasteiger charge is -2.34. The summed E-state index contributed by atoms with van der Waals surface area (Å²) in [5.41, 5.74) is 1.87. The van der Waals surface area contributed by atoms with E-state index in [0.29, 0.717) is 37.5 Å². The Balaban J connectivity index is 1.72. The maximum atomic E-state index is 13.1. The molecule has 26 heavy (non-hydrogen) atoms. The number of carbonyl (C=O) groups is 2. The van der Waals surface area contributed by atoms with Gasteiger partial charge in [0.25, 0.3) is 0 Å². The Bertz CT molecular complexity index is 705. The van der Waals surface area contributed by atoms with Gasteiger partial charge >= 0.3 is 12.0 Å². The summed E-state index contributed by atoms with van der Waals surface area (Å²) in [5.74, 6) is -0.721. The summed E-state index contributed by atoms with van der Waals surface area (Å²) < 4.78 is 24.0. The molecule has 2 amide bonds. The quantitative estimate of drug-likeness (QED) is 0.772. The molecule has 0 unspecified atom stereocenters. The van der Waals surface area contributed by atoms with E-state index in [0.717, 1.165) is 5.56 Å². The lowest BCUT2D eigenvalue weighted by molar-refractivity contribution is -0.138. The van der Waals surface area contributed by atoms with Crippen LogP contribution in [0.1, 0.15) is 18.6 Å². The zero-order valence-electron chi connectivity index (χ0n) is 14.6. The maximum absolute atomic E-state index is 13.1. The van der Waals surface area contributed by atoms with E-state index in [1.54, 1.807) is 19.1 Å². The summed E-state index contributed by atoms with van der Waals surface area (Å²) >= 11 is 0. The van der Waals surface area contributed by atoms with Crippen molar-refractivity contribution >= 4 is 12.0 Å². The predicted octanol–water partition coefficient (Wildman–Crippen LogP) is 1.33. The number of benzene rings is 1. The first-order chi connectivity index (χ1) is 12.6. The fourth-order valence-electron chi connectivity index (χ4n) is 3.03. The van der Waals surface area contributed by atoms with Crippen molar-refractivity contribution in [3.05, 3.63) is 46.9 Å². The van der Waals surface area contributed by atoms with Crippen molar-refractivity contribution in [3.63, 3.8) is 0 Å². The molecule has 1 fully saturated rings. The van der Waals surface area contributed by atoms with Gasteiger partial charge in [-0.25, -0.2) is 14.0 Å². The molecule has 0 aromatic heterocycles. The molecule has 0 spiro atoms. The van der Waals surface area contributed by atoms with Crippen LogP contribution >= 0.6 is 0 Å². The number of carbonyl (C=O) groups excluding carboxylic acids is 2.